The molecule has 0 fully saturated rings. The van der Waals surface area contributed by atoms with Crippen molar-refractivity contribution >= 4 is 0 Å². The van der Waals surface area contributed by atoms with E-state index in [-0.39, 0.29) is 0 Å². The lowest BCUT2D eigenvalue weighted by Crippen LogP contribution is -2.27. The SMILES string of the molecule is Cc1ccnc(OCCNC(C)C)n1. The van der Waals surface area contributed by atoms with Gasteiger partial charge in [0.25, 0.3) is 0 Å². The number of rotatable bonds is 5. The number of nitrogens with one attached hydrogen (secondary N) is 1. The maximum Gasteiger partial charge on any atom is 0.316 e. The zero-order chi connectivity index (χ0) is 10.4. The summed E-state index contributed by atoms with van der Waals surface area (Å²) in [6, 6.07) is 2.78. The average molecular weight is 195 g/mol. The Hall–Kier alpha value is -1.16. The third-order valence-corrected chi connectivity index (χ3v) is 1.66. The first-order valence-corrected chi connectivity index (χ1v) is 4.84. The van der Waals surface area contributed by atoms with Crippen molar-refractivity contribution in [3.05, 3.63) is 18.0 Å². The molecule has 4 nitrogen and oxygen atoms in total. The molecule has 0 aliphatic rings. The third kappa shape index (κ3) is 4.18. The Balaban J connectivity index is 2.25. The van der Waals surface area contributed by atoms with Gasteiger partial charge in [0.05, 0.1) is 0 Å². The lowest BCUT2D eigenvalue weighted by Gasteiger charge is -2.08. The number of ether oxygens (including phenoxy) is 1. The van der Waals surface area contributed by atoms with E-state index in [0.717, 1.165) is 12.2 Å². The molecule has 1 aromatic heterocycles. The molecule has 0 unspecified atom stereocenters. The highest BCUT2D eigenvalue weighted by Gasteiger charge is 1.97. The molecule has 4 heteroatoms. The summed E-state index contributed by atoms with van der Waals surface area (Å²) in [6.07, 6.45) is 1.70. The molecule has 0 bridgehead atoms. The Morgan fingerprint density at radius 3 is 2.93 bits per heavy atom. The van der Waals surface area contributed by atoms with Gasteiger partial charge in [0, 0.05) is 24.5 Å². The zero-order valence-corrected chi connectivity index (χ0v) is 8.95. The Kier molecular flexibility index (Phi) is 4.32. The topological polar surface area (TPSA) is 47.0 Å². The first kappa shape index (κ1) is 10.9. The maximum atomic E-state index is 5.35. The smallest absolute Gasteiger partial charge is 0.316 e. The molecule has 0 spiro atoms. The molecule has 0 atom stereocenters. The van der Waals surface area contributed by atoms with Gasteiger partial charge in [0.15, 0.2) is 0 Å². The van der Waals surface area contributed by atoms with Gasteiger partial charge in [0.2, 0.25) is 0 Å². The van der Waals surface area contributed by atoms with E-state index in [0.29, 0.717) is 18.7 Å². The van der Waals surface area contributed by atoms with Crippen LogP contribution in [0.15, 0.2) is 12.3 Å². The summed E-state index contributed by atoms with van der Waals surface area (Å²) in [5.41, 5.74) is 0.923. The molecule has 0 aliphatic heterocycles. The minimum absolute atomic E-state index is 0.454. The highest BCUT2D eigenvalue weighted by atomic mass is 16.5. The Morgan fingerprint density at radius 2 is 2.29 bits per heavy atom. The van der Waals surface area contributed by atoms with Crippen LogP contribution in [0.5, 0.6) is 6.01 Å². The van der Waals surface area contributed by atoms with Crippen LogP contribution in [0.25, 0.3) is 0 Å². The van der Waals surface area contributed by atoms with Gasteiger partial charge < -0.3 is 10.1 Å². The molecule has 0 saturated heterocycles. The molecule has 0 saturated carbocycles. The molecular weight excluding hydrogens is 178 g/mol. The van der Waals surface area contributed by atoms with Crippen LogP contribution in [0, 0.1) is 6.92 Å². The summed E-state index contributed by atoms with van der Waals surface area (Å²) in [5, 5.41) is 3.25. The van der Waals surface area contributed by atoms with Gasteiger partial charge in [-0.25, -0.2) is 9.97 Å². The lowest BCUT2D eigenvalue weighted by molar-refractivity contribution is 0.285. The van der Waals surface area contributed by atoms with Crippen molar-refractivity contribution in [1.82, 2.24) is 15.3 Å². The van der Waals surface area contributed by atoms with E-state index in [1.54, 1.807) is 6.20 Å². The highest BCUT2D eigenvalue weighted by molar-refractivity contribution is 5.02. The molecule has 0 amide bonds. The van der Waals surface area contributed by atoms with Gasteiger partial charge in [-0.3, -0.25) is 0 Å². The standard InChI is InChI=1S/C10H17N3O/c1-8(2)11-6-7-14-10-12-5-4-9(3)13-10/h4-5,8,11H,6-7H2,1-3H3. The van der Waals surface area contributed by atoms with Crippen LogP contribution in [0.4, 0.5) is 0 Å². The van der Waals surface area contributed by atoms with Crippen molar-refractivity contribution in [3.8, 4) is 6.01 Å². The van der Waals surface area contributed by atoms with Crippen molar-refractivity contribution in [2.75, 3.05) is 13.2 Å². The van der Waals surface area contributed by atoms with Gasteiger partial charge >= 0.3 is 6.01 Å². The largest absolute Gasteiger partial charge is 0.462 e. The van der Waals surface area contributed by atoms with Crippen molar-refractivity contribution in [2.45, 2.75) is 26.8 Å². The van der Waals surface area contributed by atoms with E-state index in [2.05, 4.69) is 29.1 Å². The molecule has 1 rings (SSSR count). The monoisotopic (exact) mass is 195 g/mol. The number of nitrogens with zero attached hydrogens (tertiary/aromatic N) is 2. The van der Waals surface area contributed by atoms with Crippen molar-refractivity contribution in [3.63, 3.8) is 0 Å². The summed E-state index contributed by atoms with van der Waals surface area (Å²) >= 11 is 0. The van der Waals surface area contributed by atoms with Crippen LogP contribution in [-0.2, 0) is 0 Å². The van der Waals surface area contributed by atoms with Crippen molar-refractivity contribution < 1.29 is 4.74 Å². The average Bonchev–Trinajstić information content (AvgIpc) is 2.12. The summed E-state index contributed by atoms with van der Waals surface area (Å²) in [7, 11) is 0. The first-order valence-electron chi connectivity index (χ1n) is 4.84. The third-order valence-electron chi connectivity index (χ3n) is 1.66. The molecule has 78 valence electrons. The number of aryl methyl sites for hydroxylation is 1. The summed E-state index contributed by atoms with van der Waals surface area (Å²) in [5.74, 6) is 0. The fourth-order valence-electron chi connectivity index (χ4n) is 0.985. The van der Waals surface area contributed by atoms with Crippen LogP contribution in [0.1, 0.15) is 19.5 Å². The fourth-order valence-corrected chi connectivity index (χ4v) is 0.985. The molecule has 0 aliphatic carbocycles. The molecule has 1 heterocycles. The summed E-state index contributed by atoms with van der Waals surface area (Å²) < 4.78 is 5.35. The van der Waals surface area contributed by atoms with E-state index in [9.17, 15) is 0 Å². The molecule has 1 aromatic rings. The zero-order valence-electron chi connectivity index (χ0n) is 8.95. The van der Waals surface area contributed by atoms with Gasteiger partial charge in [-0.05, 0) is 13.0 Å². The fraction of sp³-hybridized carbons (Fsp3) is 0.600. The van der Waals surface area contributed by atoms with E-state index in [4.69, 9.17) is 4.74 Å². The van der Waals surface area contributed by atoms with Crippen LogP contribution < -0.4 is 10.1 Å². The van der Waals surface area contributed by atoms with Gasteiger partial charge in [-0.15, -0.1) is 0 Å². The van der Waals surface area contributed by atoms with Crippen LogP contribution in [0.2, 0.25) is 0 Å². The molecule has 14 heavy (non-hydrogen) atoms. The normalized spacial score (nSPS) is 10.6. The van der Waals surface area contributed by atoms with E-state index in [1.807, 2.05) is 13.0 Å². The Labute approximate surface area is 84.7 Å². The molecule has 0 radical (unpaired) electrons. The minimum Gasteiger partial charge on any atom is -0.462 e. The van der Waals surface area contributed by atoms with Gasteiger partial charge in [-0.1, -0.05) is 13.8 Å². The van der Waals surface area contributed by atoms with E-state index in [1.165, 1.54) is 0 Å². The molecule has 1 N–H and O–H groups in total. The summed E-state index contributed by atoms with van der Waals surface area (Å²) in [6.45, 7) is 7.53. The lowest BCUT2D eigenvalue weighted by atomic mass is 10.4. The Bertz CT molecular complexity index is 276. The van der Waals surface area contributed by atoms with Gasteiger partial charge in [-0.2, -0.15) is 0 Å². The minimum atomic E-state index is 0.454. The van der Waals surface area contributed by atoms with E-state index >= 15 is 0 Å². The second-order valence-corrected chi connectivity index (χ2v) is 3.44. The number of hydrogen-bond acceptors (Lipinski definition) is 4. The van der Waals surface area contributed by atoms with Crippen molar-refractivity contribution in [2.24, 2.45) is 0 Å². The predicted octanol–water partition coefficient (Wildman–Crippen LogP) is 1.16. The Morgan fingerprint density at radius 1 is 1.50 bits per heavy atom. The van der Waals surface area contributed by atoms with E-state index < -0.39 is 0 Å². The van der Waals surface area contributed by atoms with Crippen LogP contribution in [-0.4, -0.2) is 29.2 Å². The highest BCUT2D eigenvalue weighted by Crippen LogP contribution is 2.00. The molecule has 0 aromatic carbocycles. The number of aromatic nitrogens is 2. The second-order valence-electron chi connectivity index (χ2n) is 3.44. The quantitative estimate of drug-likeness (QED) is 0.716. The first-order chi connectivity index (χ1) is 6.68. The maximum absolute atomic E-state index is 5.35. The predicted molar refractivity (Wildman–Crippen MR) is 55.4 cm³/mol. The van der Waals surface area contributed by atoms with Crippen LogP contribution in [0.3, 0.4) is 0 Å². The molecular formula is C10H17N3O. The van der Waals surface area contributed by atoms with Gasteiger partial charge in [0.1, 0.15) is 6.61 Å². The second kappa shape index (κ2) is 5.54. The number of hydrogen-bond donors (Lipinski definition) is 1. The summed E-state index contributed by atoms with van der Waals surface area (Å²) in [4.78, 5) is 8.12. The van der Waals surface area contributed by atoms with Crippen molar-refractivity contribution in [1.29, 1.82) is 0 Å². The van der Waals surface area contributed by atoms with Crippen LogP contribution >= 0.6 is 0 Å².